The molecule has 0 aliphatic heterocycles. The highest BCUT2D eigenvalue weighted by Gasteiger charge is 2.21. The molecule has 0 aromatic carbocycles. The number of carbonyl (C=O) groups is 1. The van der Waals surface area contributed by atoms with Crippen molar-refractivity contribution in [3.8, 4) is 6.01 Å². The van der Waals surface area contributed by atoms with Gasteiger partial charge in [0.25, 0.3) is 0 Å². The van der Waals surface area contributed by atoms with Crippen LogP contribution in [-0.4, -0.2) is 39.3 Å². The van der Waals surface area contributed by atoms with Crippen LogP contribution in [-0.2, 0) is 4.79 Å². The number of ether oxygens (including phenoxy) is 1. The molecule has 0 bridgehead atoms. The number of rotatable bonds is 5. The normalized spacial score (nSPS) is 14.2. The van der Waals surface area contributed by atoms with E-state index in [-0.39, 0.29) is 18.0 Å². The second-order valence-corrected chi connectivity index (χ2v) is 3.19. The van der Waals surface area contributed by atoms with Crippen molar-refractivity contribution in [1.29, 1.82) is 0 Å². The van der Waals surface area contributed by atoms with Crippen molar-refractivity contribution in [2.45, 2.75) is 18.6 Å². The zero-order valence-corrected chi connectivity index (χ0v) is 8.70. The summed E-state index contributed by atoms with van der Waals surface area (Å²) in [5.74, 6) is -0.694. The van der Waals surface area contributed by atoms with Crippen LogP contribution in [0.25, 0.3) is 0 Å². The quantitative estimate of drug-likeness (QED) is 0.578. The van der Waals surface area contributed by atoms with Crippen LogP contribution >= 0.6 is 0 Å². The van der Waals surface area contributed by atoms with Gasteiger partial charge >= 0.3 is 6.01 Å². The van der Waals surface area contributed by atoms with Crippen LogP contribution in [0.3, 0.4) is 0 Å². The number of aliphatic hydroxyl groups excluding tert-OH is 2. The molecule has 16 heavy (non-hydrogen) atoms. The van der Waals surface area contributed by atoms with E-state index in [9.17, 15) is 15.0 Å². The van der Waals surface area contributed by atoms with E-state index >= 15 is 0 Å². The van der Waals surface area contributed by atoms with Gasteiger partial charge < -0.3 is 20.7 Å². The first-order valence-electron chi connectivity index (χ1n) is 4.55. The number of amides is 1. The predicted molar refractivity (Wildman–Crippen MR) is 53.4 cm³/mol. The molecule has 0 radical (unpaired) electrons. The average Bonchev–Trinajstić information content (AvgIpc) is 2.27. The molecule has 1 rings (SSSR count). The van der Waals surface area contributed by atoms with Crippen LogP contribution < -0.4 is 10.5 Å². The van der Waals surface area contributed by atoms with Gasteiger partial charge in [0.05, 0.1) is 19.6 Å². The van der Waals surface area contributed by atoms with E-state index < -0.39 is 18.1 Å². The average molecular weight is 227 g/mol. The molecule has 0 fully saturated rings. The van der Waals surface area contributed by atoms with Gasteiger partial charge in [-0.05, 0) is 0 Å². The third-order valence-electron chi connectivity index (χ3n) is 1.95. The van der Waals surface area contributed by atoms with Crippen molar-refractivity contribution in [1.82, 2.24) is 9.97 Å². The Morgan fingerprint density at radius 3 is 2.50 bits per heavy atom. The molecule has 1 aromatic rings. The number of carbonyl (C=O) groups excluding carboxylic acids is 1. The number of nitrogens with two attached hydrogens (primary N) is 1. The van der Waals surface area contributed by atoms with Gasteiger partial charge in [-0.25, -0.2) is 9.97 Å². The van der Waals surface area contributed by atoms with Gasteiger partial charge in [0.2, 0.25) is 5.91 Å². The highest BCUT2D eigenvalue weighted by molar-refractivity contribution is 5.74. The van der Waals surface area contributed by atoms with E-state index in [1.807, 2.05) is 0 Å². The summed E-state index contributed by atoms with van der Waals surface area (Å²) in [4.78, 5) is 18.1. The molecule has 0 saturated heterocycles. The molecule has 0 saturated carbocycles. The molecule has 1 aromatic heterocycles. The maximum Gasteiger partial charge on any atom is 0.316 e. The lowest BCUT2D eigenvalue weighted by molar-refractivity contribution is -0.121. The summed E-state index contributed by atoms with van der Waals surface area (Å²) in [5, 5.41) is 19.1. The second-order valence-electron chi connectivity index (χ2n) is 3.19. The van der Waals surface area contributed by atoms with Crippen LogP contribution in [0, 0.1) is 0 Å². The summed E-state index contributed by atoms with van der Waals surface area (Å²) < 4.78 is 4.73. The second kappa shape index (κ2) is 5.38. The maximum absolute atomic E-state index is 10.5. The molecule has 88 valence electrons. The van der Waals surface area contributed by atoms with E-state index in [1.54, 1.807) is 0 Å². The van der Waals surface area contributed by atoms with Crippen LogP contribution in [0.5, 0.6) is 6.01 Å². The molecule has 7 nitrogen and oxygen atoms in total. The van der Waals surface area contributed by atoms with Gasteiger partial charge in [-0.3, -0.25) is 4.79 Å². The number of nitrogens with zero attached hydrogens (tertiary/aromatic N) is 2. The Hall–Kier alpha value is -1.73. The molecular formula is C9H13N3O4. The Morgan fingerprint density at radius 1 is 1.50 bits per heavy atom. The molecule has 1 heterocycles. The van der Waals surface area contributed by atoms with Gasteiger partial charge in [0.1, 0.15) is 6.10 Å². The Labute approximate surface area is 91.9 Å². The van der Waals surface area contributed by atoms with Crippen molar-refractivity contribution in [2.75, 3.05) is 7.11 Å². The largest absolute Gasteiger partial charge is 0.467 e. The number of aromatic nitrogens is 2. The maximum atomic E-state index is 10.5. The van der Waals surface area contributed by atoms with E-state index in [0.29, 0.717) is 0 Å². The Morgan fingerprint density at radius 2 is 2.06 bits per heavy atom. The Bertz CT molecular complexity index is 354. The van der Waals surface area contributed by atoms with Crippen molar-refractivity contribution < 1.29 is 19.7 Å². The lowest BCUT2D eigenvalue weighted by Crippen LogP contribution is -2.25. The molecule has 0 aliphatic carbocycles. The Kier molecular flexibility index (Phi) is 4.15. The summed E-state index contributed by atoms with van der Waals surface area (Å²) in [6.07, 6.45) is -0.234. The van der Waals surface area contributed by atoms with Crippen LogP contribution in [0.2, 0.25) is 0 Å². The third-order valence-corrected chi connectivity index (χ3v) is 1.95. The van der Waals surface area contributed by atoms with Gasteiger partial charge in [-0.1, -0.05) is 0 Å². The smallest absolute Gasteiger partial charge is 0.316 e. The van der Waals surface area contributed by atoms with Crippen LogP contribution in [0.15, 0.2) is 12.4 Å². The standard InChI is InChI=1S/C9H13N3O4/c1-16-9-11-3-5(4-12-9)8(15)6(13)2-7(10)14/h3-4,6,8,13,15H,2H2,1H3,(H2,10,14). The lowest BCUT2D eigenvalue weighted by Gasteiger charge is -2.15. The van der Waals surface area contributed by atoms with E-state index in [0.717, 1.165) is 0 Å². The summed E-state index contributed by atoms with van der Waals surface area (Å²) in [6.45, 7) is 0. The molecule has 2 unspecified atom stereocenters. The summed E-state index contributed by atoms with van der Waals surface area (Å²) in [7, 11) is 1.41. The molecule has 2 atom stereocenters. The van der Waals surface area contributed by atoms with Crippen molar-refractivity contribution in [3.05, 3.63) is 18.0 Å². The summed E-state index contributed by atoms with van der Waals surface area (Å²) in [5.41, 5.74) is 5.18. The number of aliphatic hydroxyl groups is 2. The fourth-order valence-electron chi connectivity index (χ4n) is 1.12. The van der Waals surface area contributed by atoms with Crippen LogP contribution in [0.4, 0.5) is 0 Å². The SMILES string of the molecule is COc1ncc(C(O)C(O)CC(N)=O)cn1. The van der Waals surface area contributed by atoms with Crippen molar-refractivity contribution in [2.24, 2.45) is 5.73 Å². The topological polar surface area (TPSA) is 119 Å². The predicted octanol–water partition coefficient (Wildman–Crippen LogP) is -1.25. The monoisotopic (exact) mass is 227 g/mol. The van der Waals surface area contributed by atoms with E-state index in [1.165, 1.54) is 19.5 Å². The fourth-order valence-corrected chi connectivity index (χ4v) is 1.12. The highest BCUT2D eigenvalue weighted by atomic mass is 16.5. The fraction of sp³-hybridized carbons (Fsp3) is 0.444. The molecule has 4 N–H and O–H groups in total. The molecule has 7 heteroatoms. The third kappa shape index (κ3) is 3.14. The molecule has 0 aliphatic rings. The molecular weight excluding hydrogens is 214 g/mol. The van der Waals surface area contributed by atoms with Gasteiger partial charge in [-0.15, -0.1) is 0 Å². The number of hydrogen-bond donors (Lipinski definition) is 3. The zero-order chi connectivity index (χ0) is 12.1. The van der Waals surface area contributed by atoms with Gasteiger partial charge in [0, 0.05) is 18.0 Å². The van der Waals surface area contributed by atoms with E-state index in [4.69, 9.17) is 10.5 Å². The molecule has 0 spiro atoms. The number of primary amides is 1. The first-order chi connectivity index (χ1) is 7.54. The molecule has 1 amide bonds. The Balaban J connectivity index is 2.71. The van der Waals surface area contributed by atoms with Gasteiger partial charge in [0.15, 0.2) is 0 Å². The number of hydrogen-bond acceptors (Lipinski definition) is 6. The van der Waals surface area contributed by atoms with E-state index in [2.05, 4.69) is 9.97 Å². The lowest BCUT2D eigenvalue weighted by atomic mass is 10.1. The summed E-state index contributed by atoms with van der Waals surface area (Å²) >= 11 is 0. The zero-order valence-electron chi connectivity index (χ0n) is 8.70. The van der Waals surface area contributed by atoms with Crippen LogP contribution in [0.1, 0.15) is 18.1 Å². The minimum absolute atomic E-state index is 0.153. The van der Waals surface area contributed by atoms with Gasteiger partial charge in [-0.2, -0.15) is 0 Å². The first kappa shape index (κ1) is 12.3. The number of methoxy groups -OCH3 is 1. The highest BCUT2D eigenvalue weighted by Crippen LogP contribution is 2.17. The van der Waals surface area contributed by atoms with Crippen molar-refractivity contribution >= 4 is 5.91 Å². The minimum Gasteiger partial charge on any atom is -0.467 e. The van der Waals surface area contributed by atoms with Crippen molar-refractivity contribution in [3.63, 3.8) is 0 Å². The first-order valence-corrected chi connectivity index (χ1v) is 4.55. The summed E-state index contributed by atoms with van der Waals surface area (Å²) in [6, 6.07) is 0.153. The minimum atomic E-state index is -1.27.